The fourth-order valence-electron chi connectivity index (χ4n) is 4.15. The fourth-order valence-corrected chi connectivity index (χ4v) is 4.41. The van der Waals surface area contributed by atoms with Crippen molar-refractivity contribution in [2.75, 3.05) is 39.2 Å². The molecule has 1 unspecified atom stereocenters. The van der Waals surface area contributed by atoms with Gasteiger partial charge in [0.15, 0.2) is 0 Å². The highest BCUT2D eigenvalue weighted by Gasteiger charge is 2.20. The van der Waals surface area contributed by atoms with E-state index < -0.39 is 11.6 Å². The van der Waals surface area contributed by atoms with E-state index in [1.807, 2.05) is 30.7 Å². The molecule has 1 aromatic heterocycles. The summed E-state index contributed by atoms with van der Waals surface area (Å²) in [5, 5.41) is 1.26. The van der Waals surface area contributed by atoms with Crippen molar-refractivity contribution in [1.82, 2.24) is 14.8 Å². The SMILES string of the molecule is C=C(CCCC)N1CCN(C)C(C)C1.C=Cc1ccc2c(Cl)cc(-c3cc(F)c(C)c(F)c3)nc2c1.CSC. The van der Waals surface area contributed by atoms with Crippen LogP contribution in [0.1, 0.15) is 44.2 Å². The Bertz CT molecular complexity index is 1240. The van der Waals surface area contributed by atoms with Crippen LogP contribution in [0.2, 0.25) is 5.02 Å². The minimum absolute atomic E-state index is 0.00965. The normalized spacial score (nSPS) is 15.2. The first-order valence-corrected chi connectivity index (χ1v) is 15.3. The van der Waals surface area contributed by atoms with Crippen LogP contribution in [0, 0.1) is 18.6 Å². The summed E-state index contributed by atoms with van der Waals surface area (Å²) in [4.78, 5) is 9.34. The van der Waals surface area contributed by atoms with Crippen molar-refractivity contribution < 1.29 is 8.78 Å². The zero-order valence-corrected chi connectivity index (χ0v) is 25.7. The van der Waals surface area contributed by atoms with Crippen molar-refractivity contribution >= 4 is 40.3 Å². The molecule has 1 aliphatic rings. The molecule has 3 nitrogen and oxygen atoms in total. The lowest BCUT2D eigenvalue weighted by molar-refractivity contribution is 0.127. The van der Waals surface area contributed by atoms with E-state index in [1.165, 1.54) is 50.6 Å². The van der Waals surface area contributed by atoms with Gasteiger partial charge in [0, 0.05) is 47.9 Å². The summed E-state index contributed by atoms with van der Waals surface area (Å²) in [5.74, 6) is -1.21. The molecule has 0 amide bonds. The molecule has 0 N–H and O–H groups in total. The molecule has 1 atom stereocenters. The Labute approximate surface area is 242 Å². The second kappa shape index (κ2) is 16.0. The quantitative estimate of drug-likeness (QED) is 0.293. The highest BCUT2D eigenvalue weighted by molar-refractivity contribution is 7.97. The fraction of sp³-hybridized carbons (Fsp3) is 0.406. The number of benzene rings is 2. The van der Waals surface area contributed by atoms with Crippen molar-refractivity contribution in [3.05, 3.63) is 83.0 Å². The predicted molar refractivity (Wildman–Crippen MR) is 169 cm³/mol. The van der Waals surface area contributed by atoms with E-state index in [4.69, 9.17) is 11.6 Å². The molecule has 7 heteroatoms. The van der Waals surface area contributed by atoms with Gasteiger partial charge in [-0.15, -0.1) is 0 Å². The van der Waals surface area contributed by atoms with E-state index in [0.29, 0.717) is 27.8 Å². The summed E-state index contributed by atoms with van der Waals surface area (Å²) in [6.07, 6.45) is 9.50. The molecule has 1 saturated heterocycles. The lowest BCUT2D eigenvalue weighted by atomic mass is 10.1. The van der Waals surface area contributed by atoms with Crippen LogP contribution in [0.25, 0.3) is 28.2 Å². The van der Waals surface area contributed by atoms with Gasteiger partial charge in [-0.2, -0.15) is 11.8 Å². The van der Waals surface area contributed by atoms with E-state index in [2.05, 4.69) is 48.8 Å². The Kier molecular flexibility index (Phi) is 13.5. The zero-order valence-electron chi connectivity index (χ0n) is 24.2. The van der Waals surface area contributed by atoms with Crippen molar-refractivity contribution in [2.45, 2.75) is 46.1 Å². The molecule has 2 aromatic carbocycles. The molecule has 0 aliphatic carbocycles. The summed E-state index contributed by atoms with van der Waals surface area (Å²) in [6, 6.07) is 10.4. The number of thioether (sulfide) groups is 1. The maximum Gasteiger partial charge on any atom is 0.129 e. The molecule has 212 valence electrons. The molecule has 3 aromatic rings. The first kappa shape index (κ1) is 32.8. The van der Waals surface area contributed by atoms with Gasteiger partial charge < -0.3 is 9.80 Å². The Morgan fingerprint density at radius 3 is 2.36 bits per heavy atom. The number of halogens is 3. The Hall–Kier alpha value is -2.41. The van der Waals surface area contributed by atoms with Crippen LogP contribution in [0.3, 0.4) is 0 Å². The van der Waals surface area contributed by atoms with Crippen LogP contribution in [0.15, 0.2) is 55.3 Å². The van der Waals surface area contributed by atoms with Gasteiger partial charge in [0.1, 0.15) is 11.6 Å². The van der Waals surface area contributed by atoms with E-state index in [1.54, 1.807) is 23.9 Å². The number of rotatable bonds is 6. The monoisotopic (exact) mass is 573 g/mol. The van der Waals surface area contributed by atoms with E-state index in [-0.39, 0.29) is 5.56 Å². The number of hydrogen-bond acceptors (Lipinski definition) is 4. The average Bonchev–Trinajstić information content (AvgIpc) is 2.92. The summed E-state index contributed by atoms with van der Waals surface area (Å²) in [7, 11) is 2.21. The number of hydrogen-bond donors (Lipinski definition) is 0. The van der Waals surface area contributed by atoms with Crippen molar-refractivity contribution in [1.29, 1.82) is 0 Å². The largest absolute Gasteiger partial charge is 0.372 e. The number of nitrogens with zero attached hydrogens (tertiary/aromatic N) is 3. The van der Waals surface area contributed by atoms with Crippen LogP contribution in [0.5, 0.6) is 0 Å². The third-order valence-electron chi connectivity index (χ3n) is 6.82. The number of allylic oxidation sites excluding steroid dienone is 1. The van der Waals surface area contributed by atoms with E-state index in [9.17, 15) is 8.78 Å². The first-order chi connectivity index (χ1) is 18.6. The molecule has 39 heavy (non-hydrogen) atoms. The lowest BCUT2D eigenvalue weighted by Gasteiger charge is -2.39. The summed E-state index contributed by atoms with van der Waals surface area (Å²) in [6.45, 7) is 17.3. The number of unbranched alkanes of at least 4 members (excludes halogenated alkanes) is 1. The van der Waals surface area contributed by atoms with Crippen molar-refractivity contribution in [3.63, 3.8) is 0 Å². The number of aromatic nitrogens is 1. The molecule has 0 radical (unpaired) electrons. The maximum atomic E-state index is 13.7. The summed E-state index contributed by atoms with van der Waals surface area (Å²) >= 11 is 8.02. The minimum Gasteiger partial charge on any atom is -0.372 e. The van der Waals surface area contributed by atoms with Gasteiger partial charge in [-0.3, -0.25) is 0 Å². The van der Waals surface area contributed by atoms with Crippen LogP contribution >= 0.6 is 23.4 Å². The molecule has 0 bridgehead atoms. The molecule has 0 saturated carbocycles. The van der Waals surface area contributed by atoms with Crippen LogP contribution < -0.4 is 0 Å². The van der Waals surface area contributed by atoms with Gasteiger partial charge >= 0.3 is 0 Å². The van der Waals surface area contributed by atoms with Crippen LogP contribution in [0.4, 0.5) is 8.78 Å². The van der Waals surface area contributed by atoms with Crippen LogP contribution in [-0.2, 0) is 0 Å². The molecule has 1 aliphatic heterocycles. The number of fused-ring (bicyclic) bond motifs is 1. The predicted octanol–water partition coefficient (Wildman–Crippen LogP) is 9.09. The Morgan fingerprint density at radius 1 is 1.15 bits per heavy atom. The average molecular weight is 574 g/mol. The second-order valence-electron chi connectivity index (χ2n) is 9.89. The Balaban J connectivity index is 0.000000270. The molecular formula is C32H42ClF2N3S. The molecule has 2 heterocycles. The standard InChI is InChI=1S/C18H12ClF2N.C12H24N2.C2H6S/c1-3-11-4-5-13-14(19)9-17(22-18(13)6-11)12-7-15(20)10(2)16(21)8-12;1-5-6-7-11(2)14-9-8-13(4)12(3)10-14;1-3-2/h3-9H,1H2,2H3;12H,2,5-10H2,1,3-4H3;1-2H3. The third kappa shape index (κ3) is 9.33. The van der Waals surface area contributed by atoms with Crippen molar-refractivity contribution in [3.8, 4) is 11.3 Å². The van der Waals surface area contributed by atoms with Gasteiger partial charge in [0.05, 0.1) is 16.2 Å². The third-order valence-corrected chi connectivity index (χ3v) is 7.13. The lowest BCUT2D eigenvalue weighted by Crippen LogP contribution is -2.49. The number of piperazine rings is 1. The maximum absolute atomic E-state index is 13.7. The highest BCUT2D eigenvalue weighted by Crippen LogP contribution is 2.30. The molecule has 0 spiro atoms. The number of likely N-dealkylation sites (N-methyl/N-ethyl adjacent to an activating group) is 1. The van der Waals surface area contributed by atoms with E-state index >= 15 is 0 Å². The van der Waals surface area contributed by atoms with Gasteiger partial charge in [-0.05, 0) is 76.1 Å². The van der Waals surface area contributed by atoms with Gasteiger partial charge in [-0.25, -0.2) is 13.8 Å². The van der Waals surface area contributed by atoms with Gasteiger partial charge in [-0.1, -0.05) is 56.3 Å². The van der Waals surface area contributed by atoms with Crippen LogP contribution in [-0.4, -0.2) is 60.0 Å². The molecule has 1 fully saturated rings. The number of pyridine rings is 1. The van der Waals surface area contributed by atoms with Crippen molar-refractivity contribution in [2.24, 2.45) is 0 Å². The van der Waals surface area contributed by atoms with Gasteiger partial charge in [0.25, 0.3) is 0 Å². The Morgan fingerprint density at radius 2 is 1.79 bits per heavy atom. The first-order valence-electron chi connectivity index (χ1n) is 13.3. The topological polar surface area (TPSA) is 19.4 Å². The minimum atomic E-state index is -0.604. The summed E-state index contributed by atoms with van der Waals surface area (Å²) < 4.78 is 27.5. The van der Waals surface area contributed by atoms with Gasteiger partial charge in [0.2, 0.25) is 0 Å². The highest BCUT2D eigenvalue weighted by atomic mass is 35.5. The smallest absolute Gasteiger partial charge is 0.129 e. The zero-order chi connectivity index (χ0) is 29.1. The molecule has 4 rings (SSSR count). The molecular weight excluding hydrogens is 532 g/mol. The second-order valence-corrected chi connectivity index (χ2v) is 11.1. The summed E-state index contributed by atoms with van der Waals surface area (Å²) in [5.41, 5.74) is 3.66. The van der Waals surface area contributed by atoms with E-state index in [0.717, 1.165) is 24.0 Å².